The molecule has 94 valence electrons. The number of alkyl halides is 3. The van der Waals surface area contributed by atoms with Gasteiger partial charge in [-0.1, -0.05) is 15.9 Å². The van der Waals surface area contributed by atoms with Crippen molar-refractivity contribution in [3.63, 3.8) is 0 Å². The first-order valence-electron chi connectivity index (χ1n) is 4.61. The van der Waals surface area contributed by atoms with E-state index in [9.17, 15) is 13.6 Å². The van der Waals surface area contributed by atoms with Gasteiger partial charge in [0.1, 0.15) is 5.75 Å². The number of carboxylic acids is 1. The molecule has 0 radical (unpaired) electrons. The quantitative estimate of drug-likeness (QED) is 0.849. The third-order valence-corrected chi connectivity index (χ3v) is 2.67. The highest BCUT2D eigenvalue weighted by Crippen LogP contribution is 2.33. The fraction of sp³-hybridized carbons (Fsp3) is 0.400. The average molecular weight is 310 g/mol. The molecule has 0 fully saturated rings. The van der Waals surface area contributed by atoms with Gasteiger partial charge < -0.3 is 9.84 Å². The van der Waals surface area contributed by atoms with Crippen LogP contribution in [0.2, 0.25) is 0 Å². The number of methoxy groups -OCH3 is 1. The molecule has 0 bridgehead atoms. The highest BCUT2D eigenvalue weighted by atomic mass is 79.9. The number of carboxylic acid groups (broad SMARTS) is 1. The minimum atomic E-state index is -2.76. The van der Waals surface area contributed by atoms with Crippen molar-refractivity contribution < 1.29 is 23.4 Å². The van der Waals surface area contributed by atoms with Crippen molar-refractivity contribution in [1.82, 2.24) is 4.98 Å². The van der Waals surface area contributed by atoms with Crippen molar-refractivity contribution in [3.05, 3.63) is 23.0 Å². The van der Waals surface area contributed by atoms with Crippen molar-refractivity contribution in [2.45, 2.75) is 18.2 Å². The molecule has 0 amide bonds. The van der Waals surface area contributed by atoms with Crippen LogP contribution in [0.1, 0.15) is 23.2 Å². The second-order valence-corrected chi connectivity index (χ2v) is 3.74. The summed E-state index contributed by atoms with van der Waals surface area (Å²) in [6.45, 7) is 0. The first-order chi connectivity index (χ1) is 8.01. The Kier molecular flexibility index (Phi) is 4.80. The van der Waals surface area contributed by atoms with E-state index in [1.54, 1.807) is 0 Å². The number of rotatable bonds is 5. The van der Waals surface area contributed by atoms with E-state index in [1.165, 1.54) is 7.11 Å². The molecule has 0 aliphatic heterocycles. The predicted molar refractivity (Wildman–Crippen MR) is 59.7 cm³/mol. The number of pyridine rings is 1. The Morgan fingerprint density at radius 1 is 1.65 bits per heavy atom. The van der Waals surface area contributed by atoms with Gasteiger partial charge in [-0.25, -0.2) is 8.78 Å². The second-order valence-electron chi connectivity index (χ2n) is 3.18. The zero-order valence-electron chi connectivity index (χ0n) is 8.91. The highest BCUT2D eigenvalue weighted by Gasteiger charge is 2.22. The van der Waals surface area contributed by atoms with Crippen molar-refractivity contribution in [3.8, 4) is 5.75 Å². The summed E-state index contributed by atoms with van der Waals surface area (Å²) in [6, 6.07) is 0. The second kappa shape index (κ2) is 5.90. The number of ether oxygens (including phenoxy) is 1. The zero-order valence-corrected chi connectivity index (χ0v) is 10.5. The lowest BCUT2D eigenvalue weighted by Gasteiger charge is -2.14. The van der Waals surface area contributed by atoms with E-state index < -0.39 is 24.4 Å². The van der Waals surface area contributed by atoms with Gasteiger partial charge in [0.2, 0.25) is 0 Å². The third-order valence-electron chi connectivity index (χ3n) is 2.14. The summed E-state index contributed by atoms with van der Waals surface area (Å²) >= 11 is 3.12. The van der Waals surface area contributed by atoms with Crippen LogP contribution in [-0.2, 0) is 16.5 Å². The Morgan fingerprint density at radius 2 is 2.29 bits per heavy atom. The van der Waals surface area contributed by atoms with E-state index in [1.807, 2.05) is 0 Å². The molecule has 7 heteroatoms. The molecular formula is C10H10BrF2NO3. The van der Waals surface area contributed by atoms with Crippen LogP contribution in [0.4, 0.5) is 8.78 Å². The minimum Gasteiger partial charge on any atom is -0.496 e. The van der Waals surface area contributed by atoms with Crippen LogP contribution in [0.3, 0.4) is 0 Å². The third kappa shape index (κ3) is 3.12. The first-order valence-corrected chi connectivity index (χ1v) is 5.74. The molecule has 4 nitrogen and oxygen atoms in total. The van der Waals surface area contributed by atoms with E-state index in [0.717, 1.165) is 6.20 Å². The Hall–Kier alpha value is -1.24. The Morgan fingerprint density at radius 3 is 2.71 bits per heavy atom. The zero-order chi connectivity index (χ0) is 13.0. The summed E-state index contributed by atoms with van der Waals surface area (Å²) in [5.74, 6) is -1.23. The summed E-state index contributed by atoms with van der Waals surface area (Å²) < 4.78 is 30.3. The monoisotopic (exact) mass is 309 g/mol. The van der Waals surface area contributed by atoms with E-state index >= 15 is 0 Å². The summed E-state index contributed by atoms with van der Waals surface area (Å²) in [7, 11) is 1.23. The number of hydrogen-bond acceptors (Lipinski definition) is 3. The summed E-state index contributed by atoms with van der Waals surface area (Å²) in [5, 5.41) is 9.02. The topological polar surface area (TPSA) is 59.4 Å². The number of nitrogens with zero attached hydrogens (tertiary/aromatic N) is 1. The molecule has 0 atom stereocenters. The van der Waals surface area contributed by atoms with Gasteiger partial charge in [0, 0.05) is 17.1 Å². The fourth-order valence-electron chi connectivity index (χ4n) is 1.43. The van der Waals surface area contributed by atoms with Gasteiger partial charge in [-0.2, -0.15) is 0 Å². The van der Waals surface area contributed by atoms with Crippen molar-refractivity contribution in [2.75, 3.05) is 7.11 Å². The minimum absolute atomic E-state index is 0.105. The van der Waals surface area contributed by atoms with Crippen molar-refractivity contribution >= 4 is 21.9 Å². The lowest BCUT2D eigenvalue weighted by molar-refractivity contribution is -0.136. The summed E-state index contributed by atoms with van der Waals surface area (Å²) in [6.07, 6.45) is -2.15. The molecule has 1 aromatic heterocycles. The first kappa shape index (κ1) is 13.8. The lowest BCUT2D eigenvalue weighted by atomic mass is 10.1. The van der Waals surface area contributed by atoms with E-state index in [-0.39, 0.29) is 16.6 Å². The fourth-order valence-corrected chi connectivity index (χ4v) is 1.92. The van der Waals surface area contributed by atoms with Gasteiger partial charge in [0.25, 0.3) is 6.43 Å². The summed E-state index contributed by atoms with van der Waals surface area (Å²) in [5.41, 5.74) is 0.164. The van der Waals surface area contributed by atoms with Crippen LogP contribution < -0.4 is 4.74 Å². The van der Waals surface area contributed by atoms with Crippen LogP contribution >= 0.6 is 15.9 Å². The number of aliphatic carboxylic acids is 1. The molecule has 1 N–H and O–H groups in total. The molecule has 17 heavy (non-hydrogen) atoms. The van der Waals surface area contributed by atoms with Crippen LogP contribution in [0.25, 0.3) is 0 Å². The molecule has 0 aliphatic rings. The van der Waals surface area contributed by atoms with Gasteiger partial charge in [-0.15, -0.1) is 0 Å². The average Bonchev–Trinajstić information content (AvgIpc) is 2.27. The molecule has 0 spiro atoms. The largest absolute Gasteiger partial charge is 0.496 e. The number of halogens is 3. The van der Waals surface area contributed by atoms with Crippen LogP contribution in [0.15, 0.2) is 6.20 Å². The number of hydrogen-bond donors (Lipinski definition) is 1. The van der Waals surface area contributed by atoms with E-state index in [2.05, 4.69) is 20.9 Å². The molecule has 0 unspecified atom stereocenters. The van der Waals surface area contributed by atoms with Crippen LogP contribution in [0, 0.1) is 0 Å². The molecule has 0 aromatic carbocycles. The van der Waals surface area contributed by atoms with Gasteiger partial charge in [0.15, 0.2) is 0 Å². The van der Waals surface area contributed by atoms with Crippen LogP contribution in [-0.4, -0.2) is 23.2 Å². The number of carbonyl (C=O) groups is 1. The van der Waals surface area contributed by atoms with Crippen molar-refractivity contribution in [2.24, 2.45) is 0 Å². The van der Waals surface area contributed by atoms with E-state index in [4.69, 9.17) is 9.84 Å². The standard InChI is InChI=1S/C10H10BrF2NO3/c1-17-9-5(2-8(15)16)7(3-11)14-4-6(9)10(12)13/h4,10H,2-3H2,1H3,(H,15,16). The molecule has 1 aromatic rings. The van der Waals surface area contributed by atoms with Crippen molar-refractivity contribution in [1.29, 1.82) is 0 Å². The summed E-state index contributed by atoms with van der Waals surface area (Å²) in [4.78, 5) is 14.5. The maximum absolute atomic E-state index is 12.7. The lowest BCUT2D eigenvalue weighted by Crippen LogP contribution is -2.09. The molecular weight excluding hydrogens is 300 g/mol. The normalized spacial score (nSPS) is 10.6. The number of aromatic nitrogens is 1. The van der Waals surface area contributed by atoms with Gasteiger partial charge in [-0.05, 0) is 0 Å². The van der Waals surface area contributed by atoms with Gasteiger partial charge in [-0.3, -0.25) is 9.78 Å². The van der Waals surface area contributed by atoms with Gasteiger partial charge >= 0.3 is 5.97 Å². The maximum atomic E-state index is 12.7. The van der Waals surface area contributed by atoms with E-state index in [0.29, 0.717) is 5.69 Å². The van der Waals surface area contributed by atoms with Crippen LogP contribution in [0.5, 0.6) is 5.75 Å². The maximum Gasteiger partial charge on any atom is 0.308 e. The Balaban J connectivity index is 3.37. The SMILES string of the molecule is COc1c(C(F)F)cnc(CBr)c1CC(=O)O. The molecule has 0 aliphatic carbocycles. The highest BCUT2D eigenvalue weighted by molar-refractivity contribution is 9.08. The molecule has 1 rings (SSSR count). The Bertz CT molecular complexity index is 426. The predicted octanol–water partition coefficient (Wildman–Crippen LogP) is 2.55. The molecule has 0 saturated heterocycles. The molecule has 0 saturated carbocycles. The van der Waals surface area contributed by atoms with Gasteiger partial charge in [0.05, 0.1) is 24.8 Å². The smallest absolute Gasteiger partial charge is 0.308 e. The Labute approximate surface area is 105 Å². The molecule has 1 heterocycles.